The molecular weight excluding hydrogens is 256 g/mol. The molecule has 6 heteroatoms. The highest BCUT2D eigenvalue weighted by atomic mass is 16.4. The van der Waals surface area contributed by atoms with Crippen LogP contribution in [0.2, 0.25) is 0 Å². The second-order valence-electron chi connectivity index (χ2n) is 5.35. The van der Waals surface area contributed by atoms with Gasteiger partial charge in [-0.15, -0.1) is 0 Å². The summed E-state index contributed by atoms with van der Waals surface area (Å²) in [5, 5.41) is 12.0. The lowest BCUT2D eigenvalue weighted by Gasteiger charge is -2.38. The van der Waals surface area contributed by atoms with Gasteiger partial charge >= 0.3 is 0 Å². The van der Waals surface area contributed by atoms with Crippen LogP contribution in [0.25, 0.3) is 0 Å². The molecule has 0 aliphatic carbocycles. The zero-order valence-corrected chi connectivity index (χ0v) is 12.7. The Kier molecular flexibility index (Phi) is 7.36. The standard InChI is InChI=1S/C14H28N4O2/c1-3-5-7-13(19)18-10-8-17(9-11-18)12(6-4-2)14(15)16-20/h12,20H,3-11H2,1-2H3,(H2,15,16). The van der Waals surface area contributed by atoms with E-state index in [2.05, 4.69) is 23.9 Å². The third-order valence-corrected chi connectivity index (χ3v) is 3.87. The van der Waals surface area contributed by atoms with Crippen LogP contribution in [-0.4, -0.2) is 59.0 Å². The summed E-state index contributed by atoms with van der Waals surface area (Å²) < 4.78 is 0. The van der Waals surface area contributed by atoms with E-state index in [9.17, 15) is 4.79 Å². The predicted molar refractivity (Wildman–Crippen MR) is 79.8 cm³/mol. The fourth-order valence-electron chi connectivity index (χ4n) is 2.63. The molecule has 0 saturated carbocycles. The van der Waals surface area contributed by atoms with Crippen molar-refractivity contribution in [3.8, 4) is 0 Å². The second kappa shape index (κ2) is 8.79. The van der Waals surface area contributed by atoms with Crippen molar-refractivity contribution in [1.82, 2.24) is 9.80 Å². The molecule has 0 spiro atoms. The van der Waals surface area contributed by atoms with E-state index < -0.39 is 0 Å². The molecule has 1 fully saturated rings. The van der Waals surface area contributed by atoms with Gasteiger partial charge in [0.2, 0.25) is 5.91 Å². The van der Waals surface area contributed by atoms with Gasteiger partial charge in [-0.3, -0.25) is 9.69 Å². The summed E-state index contributed by atoms with van der Waals surface area (Å²) in [5.41, 5.74) is 5.77. The second-order valence-corrected chi connectivity index (χ2v) is 5.35. The molecule has 1 aliphatic heterocycles. The van der Waals surface area contributed by atoms with E-state index in [-0.39, 0.29) is 17.8 Å². The monoisotopic (exact) mass is 284 g/mol. The molecule has 3 N–H and O–H groups in total. The minimum absolute atomic E-state index is 0.0158. The number of hydrogen-bond acceptors (Lipinski definition) is 4. The summed E-state index contributed by atoms with van der Waals surface area (Å²) in [6, 6.07) is -0.0158. The number of amidine groups is 1. The lowest BCUT2D eigenvalue weighted by molar-refractivity contribution is -0.133. The Hall–Kier alpha value is -1.30. The Morgan fingerprint density at radius 1 is 1.25 bits per heavy atom. The number of piperazine rings is 1. The van der Waals surface area contributed by atoms with Crippen LogP contribution in [0.3, 0.4) is 0 Å². The molecule has 1 aliphatic rings. The van der Waals surface area contributed by atoms with Crippen molar-refractivity contribution in [3.05, 3.63) is 0 Å². The van der Waals surface area contributed by atoms with Gasteiger partial charge in [-0.05, 0) is 12.8 Å². The van der Waals surface area contributed by atoms with E-state index in [0.29, 0.717) is 6.42 Å². The van der Waals surface area contributed by atoms with E-state index in [4.69, 9.17) is 10.9 Å². The topological polar surface area (TPSA) is 82.2 Å². The van der Waals surface area contributed by atoms with Gasteiger partial charge in [-0.25, -0.2) is 0 Å². The molecule has 1 saturated heterocycles. The molecule has 1 rings (SSSR count). The first kappa shape index (κ1) is 16.8. The highest BCUT2D eigenvalue weighted by Gasteiger charge is 2.27. The summed E-state index contributed by atoms with van der Waals surface area (Å²) in [6.07, 6.45) is 4.51. The highest BCUT2D eigenvalue weighted by molar-refractivity contribution is 5.85. The molecule has 1 heterocycles. The summed E-state index contributed by atoms with van der Waals surface area (Å²) >= 11 is 0. The number of unbranched alkanes of at least 4 members (excludes halogenated alkanes) is 1. The summed E-state index contributed by atoms with van der Waals surface area (Å²) in [6.45, 7) is 7.24. The minimum atomic E-state index is -0.0158. The van der Waals surface area contributed by atoms with Crippen LogP contribution in [-0.2, 0) is 4.79 Å². The fourth-order valence-corrected chi connectivity index (χ4v) is 2.63. The summed E-state index contributed by atoms with van der Waals surface area (Å²) in [5.74, 6) is 0.528. The van der Waals surface area contributed by atoms with Crippen molar-refractivity contribution in [3.63, 3.8) is 0 Å². The van der Waals surface area contributed by atoms with E-state index in [0.717, 1.165) is 51.9 Å². The average Bonchev–Trinajstić information content (AvgIpc) is 2.49. The molecule has 116 valence electrons. The van der Waals surface area contributed by atoms with Gasteiger partial charge in [0.1, 0.15) is 0 Å². The van der Waals surface area contributed by atoms with Gasteiger partial charge < -0.3 is 15.8 Å². The Balaban J connectivity index is 2.49. The van der Waals surface area contributed by atoms with E-state index in [1.54, 1.807) is 0 Å². The third kappa shape index (κ3) is 4.67. The van der Waals surface area contributed by atoms with Crippen molar-refractivity contribution in [2.45, 2.75) is 52.0 Å². The van der Waals surface area contributed by atoms with Crippen molar-refractivity contribution in [1.29, 1.82) is 0 Å². The molecule has 0 aromatic carbocycles. The van der Waals surface area contributed by atoms with E-state index in [1.807, 2.05) is 4.90 Å². The van der Waals surface area contributed by atoms with Gasteiger partial charge in [0.15, 0.2) is 5.84 Å². The molecule has 1 unspecified atom stereocenters. The average molecular weight is 284 g/mol. The van der Waals surface area contributed by atoms with Crippen LogP contribution in [0.1, 0.15) is 46.0 Å². The van der Waals surface area contributed by atoms with Gasteiger partial charge in [-0.2, -0.15) is 0 Å². The number of carbonyl (C=O) groups is 1. The molecule has 20 heavy (non-hydrogen) atoms. The highest BCUT2D eigenvalue weighted by Crippen LogP contribution is 2.13. The maximum Gasteiger partial charge on any atom is 0.222 e. The maximum absolute atomic E-state index is 12.0. The molecule has 1 amide bonds. The zero-order valence-electron chi connectivity index (χ0n) is 12.7. The van der Waals surface area contributed by atoms with E-state index in [1.165, 1.54) is 0 Å². The zero-order chi connectivity index (χ0) is 15.0. The Morgan fingerprint density at radius 2 is 1.90 bits per heavy atom. The maximum atomic E-state index is 12.0. The first-order chi connectivity index (χ1) is 9.63. The van der Waals surface area contributed by atoms with Crippen LogP contribution in [0.15, 0.2) is 5.16 Å². The van der Waals surface area contributed by atoms with Gasteiger partial charge in [0.05, 0.1) is 6.04 Å². The lowest BCUT2D eigenvalue weighted by atomic mass is 10.1. The van der Waals surface area contributed by atoms with Gasteiger partial charge in [0.25, 0.3) is 0 Å². The van der Waals surface area contributed by atoms with Crippen molar-refractivity contribution in [2.75, 3.05) is 26.2 Å². The van der Waals surface area contributed by atoms with Crippen LogP contribution in [0, 0.1) is 0 Å². The Labute approximate surface area is 121 Å². The largest absolute Gasteiger partial charge is 0.409 e. The SMILES string of the molecule is CCCCC(=O)N1CCN(C(CCC)C(N)=NO)CC1. The van der Waals surface area contributed by atoms with Crippen molar-refractivity contribution in [2.24, 2.45) is 10.9 Å². The number of nitrogens with zero attached hydrogens (tertiary/aromatic N) is 3. The first-order valence-electron chi connectivity index (χ1n) is 7.63. The summed E-state index contributed by atoms with van der Waals surface area (Å²) in [7, 11) is 0. The van der Waals surface area contributed by atoms with Crippen molar-refractivity contribution < 1.29 is 10.0 Å². The van der Waals surface area contributed by atoms with Crippen molar-refractivity contribution >= 4 is 11.7 Å². The fraction of sp³-hybridized carbons (Fsp3) is 0.857. The molecule has 0 aromatic heterocycles. The lowest BCUT2D eigenvalue weighted by Crippen LogP contribution is -2.55. The molecule has 0 bridgehead atoms. The van der Waals surface area contributed by atoms with Crippen LogP contribution in [0.4, 0.5) is 0 Å². The van der Waals surface area contributed by atoms with Gasteiger partial charge in [-0.1, -0.05) is 31.8 Å². The van der Waals surface area contributed by atoms with Crippen LogP contribution >= 0.6 is 0 Å². The molecule has 6 nitrogen and oxygen atoms in total. The smallest absolute Gasteiger partial charge is 0.222 e. The number of nitrogens with two attached hydrogens (primary N) is 1. The molecular formula is C14H28N4O2. The normalized spacial score (nSPS) is 19.1. The number of hydrogen-bond donors (Lipinski definition) is 2. The number of amides is 1. The Morgan fingerprint density at radius 3 is 2.40 bits per heavy atom. The molecule has 0 radical (unpaired) electrons. The van der Waals surface area contributed by atoms with Crippen LogP contribution in [0.5, 0.6) is 0 Å². The number of oxime groups is 1. The first-order valence-corrected chi connectivity index (χ1v) is 7.63. The van der Waals surface area contributed by atoms with E-state index >= 15 is 0 Å². The third-order valence-electron chi connectivity index (χ3n) is 3.87. The molecule has 1 atom stereocenters. The Bertz CT molecular complexity index is 325. The molecule has 0 aromatic rings. The predicted octanol–water partition coefficient (Wildman–Crippen LogP) is 1.24. The van der Waals surface area contributed by atoms with Gasteiger partial charge in [0, 0.05) is 32.6 Å². The summed E-state index contributed by atoms with van der Waals surface area (Å²) in [4.78, 5) is 16.1. The van der Waals surface area contributed by atoms with Crippen LogP contribution < -0.4 is 5.73 Å². The quantitative estimate of drug-likeness (QED) is 0.319. The minimum Gasteiger partial charge on any atom is -0.409 e. The number of rotatable bonds is 7. The number of carbonyl (C=O) groups excluding carboxylic acids is 1.